The number of hydrogen-bond donors (Lipinski definition) is 2. The minimum atomic E-state index is -0.725. The zero-order valence-corrected chi connectivity index (χ0v) is 17.1. The summed E-state index contributed by atoms with van der Waals surface area (Å²) in [7, 11) is 0. The lowest BCUT2D eigenvalue weighted by Crippen LogP contribution is -2.53. The zero-order chi connectivity index (χ0) is 21.6. The van der Waals surface area contributed by atoms with Crippen LogP contribution < -0.4 is 15.5 Å². The first-order valence-electron chi connectivity index (χ1n) is 9.84. The summed E-state index contributed by atoms with van der Waals surface area (Å²) < 4.78 is 5.28. The smallest absolute Gasteiger partial charge is 0.407 e. The van der Waals surface area contributed by atoms with Gasteiger partial charge >= 0.3 is 6.09 Å². The Bertz CT molecular complexity index is 1090. The number of ether oxygens (including phenoxy) is 1. The predicted molar refractivity (Wildman–Crippen MR) is 110 cm³/mol. The quantitative estimate of drug-likeness (QED) is 0.759. The molecule has 1 saturated heterocycles. The average Bonchev–Trinajstić information content (AvgIpc) is 2.94. The largest absolute Gasteiger partial charge is 0.444 e. The molecular formula is C22H23N3O5. The van der Waals surface area contributed by atoms with E-state index in [0.29, 0.717) is 11.3 Å². The van der Waals surface area contributed by atoms with Crippen molar-refractivity contribution in [1.82, 2.24) is 10.6 Å². The number of nitrogens with one attached hydrogen (secondary N) is 2. The van der Waals surface area contributed by atoms with Crippen LogP contribution in [0, 0.1) is 0 Å². The fraction of sp³-hybridized carbons (Fsp3) is 0.364. The number of benzene rings is 2. The number of rotatable bonds is 3. The standard InChI is InChI=1S/C22H23N3O5/c1-22(2,3)30-21(29)23-11-12-7-8-15-18-13(12)5-4-6-14(18)20(28)25(15)16-9-10-17(26)24-19(16)27/h4-8,16H,9-11H2,1-3H3,(H,23,29)(H,24,26,27). The predicted octanol–water partition coefficient (Wildman–Crippen LogP) is 2.63. The molecule has 8 nitrogen and oxygen atoms in total. The van der Waals surface area contributed by atoms with Gasteiger partial charge < -0.3 is 10.1 Å². The van der Waals surface area contributed by atoms with Gasteiger partial charge in [-0.3, -0.25) is 24.6 Å². The van der Waals surface area contributed by atoms with Gasteiger partial charge in [0.25, 0.3) is 5.91 Å². The molecule has 2 heterocycles. The molecule has 4 rings (SSSR count). The van der Waals surface area contributed by atoms with Gasteiger partial charge in [-0.05, 0) is 50.3 Å². The minimum absolute atomic E-state index is 0.192. The number of alkyl carbamates (subject to hydrolysis) is 1. The molecule has 156 valence electrons. The van der Waals surface area contributed by atoms with Crippen LogP contribution in [0.3, 0.4) is 0 Å². The third-order valence-electron chi connectivity index (χ3n) is 5.16. The van der Waals surface area contributed by atoms with Crippen molar-refractivity contribution in [3.63, 3.8) is 0 Å². The van der Waals surface area contributed by atoms with E-state index >= 15 is 0 Å². The van der Waals surface area contributed by atoms with E-state index in [0.717, 1.165) is 16.3 Å². The molecule has 0 saturated carbocycles. The van der Waals surface area contributed by atoms with E-state index in [1.165, 1.54) is 4.90 Å². The first-order chi connectivity index (χ1) is 14.2. The average molecular weight is 409 g/mol. The molecule has 2 aromatic rings. The van der Waals surface area contributed by atoms with Gasteiger partial charge in [0.15, 0.2) is 0 Å². The Balaban J connectivity index is 1.66. The highest BCUT2D eigenvalue weighted by Crippen LogP contribution is 2.41. The Kier molecular flexibility index (Phi) is 4.72. The van der Waals surface area contributed by atoms with Crippen molar-refractivity contribution in [3.8, 4) is 0 Å². The topological polar surface area (TPSA) is 105 Å². The monoisotopic (exact) mass is 409 g/mol. The van der Waals surface area contributed by atoms with Crippen molar-refractivity contribution in [2.75, 3.05) is 4.90 Å². The summed E-state index contributed by atoms with van der Waals surface area (Å²) in [5, 5.41) is 6.63. The van der Waals surface area contributed by atoms with E-state index in [2.05, 4.69) is 10.6 Å². The molecule has 0 aromatic heterocycles. The normalized spacial score (nSPS) is 18.6. The molecule has 0 spiro atoms. The molecule has 1 fully saturated rings. The molecule has 30 heavy (non-hydrogen) atoms. The Morgan fingerprint density at radius 1 is 1.20 bits per heavy atom. The van der Waals surface area contributed by atoms with Gasteiger partial charge in [0.2, 0.25) is 11.8 Å². The zero-order valence-electron chi connectivity index (χ0n) is 17.1. The maximum atomic E-state index is 13.1. The van der Waals surface area contributed by atoms with Gasteiger partial charge in [0.1, 0.15) is 11.6 Å². The molecule has 1 atom stereocenters. The van der Waals surface area contributed by atoms with Crippen LogP contribution in [0.25, 0.3) is 10.8 Å². The number of imide groups is 1. The van der Waals surface area contributed by atoms with Crippen LogP contribution in [0.2, 0.25) is 0 Å². The van der Waals surface area contributed by atoms with E-state index in [1.54, 1.807) is 39.0 Å². The van der Waals surface area contributed by atoms with E-state index in [9.17, 15) is 19.2 Å². The van der Waals surface area contributed by atoms with Crippen LogP contribution in [-0.4, -0.2) is 35.5 Å². The number of carbonyl (C=O) groups is 4. The molecule has 0 bridgehead atoms. The summed E-state index contributed by atoms with van der Waals surface area (Å²) >= 11 is 0. The molecule has 1 unspecified atom stereocenters. The summed E-state index contributed by atoms with van der Waals surface area (Å²) in [6, 6.07) is 8.28. The molecular weight excluding hydrogens is 386 g/mol. The third kappa shape index (κ3) is 3.49. The summed E-state index contributed by atoms with van der Waals surface area (Å²) in [4.78, 5) is 50.5. The van der Waals surface area contributed by atoms with Crippen molar-refractivity contribution >= 4 is 40.3 Å². The van der Waals surface area contributed by atoms with Gasteiger partial charge in [0, 0.05) is 23.9 Å². The lowest BCUT2D eigenvalue weighted by atomic mass is 10.00. The van der Waals surface area contributed by atoms with Gasteiger partial charge in [-0.15, -0.1) is 0 Å². The summed E-state index contributed by atoms with van der Waals surface area (Å²) in [5.41, 5.74) is 1.38. The fourth-order valence-corrected chi connectivity index (χ4v) is 3.94. The van der Waals surface area contributed by atoms with E-state index in [-0.39, 0.29) is 31.2 Å². The number of anilines is 1. The van der Waals surface area contributed by atoms with E-state index in [1.807, 2.05) is 12.1 Å². The van der Waals surface area contributed by atoms with Gasteiger partial charge in [0.05, 0.1) is 5.69 Å². The van der Waals surface area contributed by atoms with Crippen molar-refractivity contribution in [1.29, 1.82) is 0 Å². The van der Waals surface area contributed by atoms with Crippen LogP contribution in [0.1, 0.15) is 49.5 Å². The second-order valence-corrected chi connectivity index (χ2v) is 8.47. The van der Waals surface area contributed by atoms with Crippen LogP contribution >= 0.6 is 0 Å². The molecule has 8 heteroatoms. The molecule has 2 aromatic carbocycles. The number of carbonyl (C=O) groups excluding carboxylic acids is 4. The number of amides is 4. The molecule has 2 aliphatic heterocycles. The van der Waals surface area contributed by atoms with Crippen molar-refractivity contribution in [2.45, 2.75) is 51.8 Å². The molecule has 0 radical (unpaired) electrons. The van der Waals surface area contributed by atoms with Crippen LogP contribution in [0.15, 0.2) is 30.3 Å². The van der Waals surface area contributed by atoms with Gasteiger partial charge in [-0.25, -0.2) is 4.79 Å². The molecule has 4 amide bonds. The van der Waals surface area contributed by atoms with Gasteiger partial charge in [-0.2, -0.15) is 0 Å². The second-order valence-electron chi connectivity index (χ2n) is 8.47. The number of piperidine rings is 1. The lowest BCUT2D eigenvalue weighted by Gasteiger charge is -2.30. The Morgan fingerprint density at radius 2 is 1.97 bits per heavy atom. The Labute approximate surface area is 173 Å². The number of nitrogens with zero attached hydrogens (tertiary/aromatic N) is 1. The van der Waals surface area contributed by atoms with Gasteiger partial charge in [-0.1, -0.05) is 18.2 Å². The molecule has 0 aliphatic carbocycles. The first kappa shape index (κ1) is 19.9. The molecule has 2 aliphatic rings. The highest BCUT2D eigenvalue weighted by atomic mass is 16.6. The highest BCUT2D eigenvalue weighted by molar-refractivity contribution is 6.27. The Hall–Kier alpha value is -3.42. The first-order valence-corrected chi connectivity index (χ1v) is 9.84. The van der Waals surface area contributed by atoms with Crippen molar-refractivity contribution in [2.24, 2.45) is 0 Å². The minimum Gasteiger partial charge on any atom is -0.444 e. The third-order valence-corrected chi connectivity index (χ3v) is 5.16. The van der Waals surface area contributed by atoms with E-state index < -0.39 is 23.6 Å². The maximum Gasteiger partial charge on any atom is 0.407 e. The van der Waals surface area contributed by atoms with Crippen LogP contribution in [0.4, 0.5) is 10.5 Å². The van der Waals surface area contributed by atoms with Crippen LogP contribution in [0.5, 0.6) is 0 Å². The highest BCUT2D eigenvalue weighted by Gasteiger charge is 2.40. The maximum absolute atomic E-state index is 13.1. The second kappa shape index (κ2) is 7.12. The number of hydrogen-bond acceptors (Lipinski definition) is 5. The van der Waals surface area contributed by atoms with E-state index in [4.69, 9.17) is 4.74 Å². The van der Waals surface area contributed by atoms with Crippen LogP contribution in [-0.2, 0) is 20.9 Å². The summed E-state index contributed by atoms with van der Waals surface area (Å²) in [5.74, 6) is -1.05. The lowest BCUT2D eigenvalue weighted by molar-refractivity contribution is -0.134. The summed E-state index contributed by atoms with van der Waals surface area (Å²) in [6.45, 7) is 5.61. The van der Waals surface area contributed by atoms with Crippen molar-refractivity contribution in [3.05, 3.63) is 41.5 Å². The van der Waals surface area contributed by atoms with Crippen molar-refractivity contribution < 1.29 is 23.9 Å². The molecule has 2 N–H and O–H groups in total. The summed E-state index contributed by atoms with van der Waals surface area (Å²) in [6.07, 6.45) is -0.0437. The fourth-order valence-electron chi connectivity index (χ4n) is 3.94. The SMILES string of the molecule is CC(C)(C)OC(=O)NCc1ccc2c3c(cccc13)C(=O)N2C1CCC(=O)NC1=O. The Morgan fingerprint density at radius 3 is 2.67 bits per heavy atom.